The van der Waals surface area contributed by atoms with Gasteiger partial charge in [-0.2, -0.15) is 0 Å². The van der Waals surface area contributed by atoms with Crippen molar-refractivity contribution >= 4 is 43.0 Å². The summed E-state index contributed by atoms with van der Waals surface area (Å²) >= 11 is 0. The Labute approximate surface area is 296 Å². The molecule has 4 rings (SSSR count). The summed E-state index contributed by atoms with van der Waals surface area (Å²) in [4.78, 5) is 13.1. The molecule has 0 radical (unpaired) electrons. The quantitative estimate of drug-likeness (QED) is 0.206. The third kappa shape index (κ3) is 9.48. The zero-order valence-corrected chi connectivity index (χ0v) is 30.0. The van der Waals surface area contributed by atoms with Crippen LogP contribution in [0.5, 0.6) is 0 Å². The number of allylic oxidation sites excluding steroid dienone is 4. The molecule has 0 aromatic heterocycles. The molecule has 214 valence electrons. The fraction of sp³-hybridized carbons (Fsp3) is 0.167. The van der Waals surface area contributed by atoms with E-state index in [4.69, 9.17) is 0 Å². The van der Waals surface area contributed by atoms with Crippen LogP contribution < -0.4 is 69.3 Å². The van der Waals surface area contributed by atoms with Crippen LogP contribution in [0.1, 0.15) is 30.5 Å². The predicted molar refractivity (Wildman–Crippen MR) is 156 cm³/mol. The maximum atomic E-state index is 12.2. The molecule has 0 saturated carbocycles. The van der Waals surface area contributed by atoms with Crippen molar-refractivity contribution in [2.45, 2.75) is 25.3 Å². The molecule has 13 heteroatoms. The minimum absolute atomic E-state index is 0. The van der Waals surface area contributed by atoms with Crippen LogP contribution >= 0.6 is 0 Å². The number of hydrogen-bond donors (Lipinski definition) is 1. The zero-order chi connectivity index (χ0) is 29.8. The van der Waals surface area contributed by atoms with Gasteiger partial charge in [-0.15, -0.1) is 0 Å². The molecule has 1 aliphatic carbocycles. The van der Waals surface area contributed by atoms with Gasteiger partial charge in [0.25, 0.3) is 0 Å². The van der Waals surface area contributed by atoms with E-state index in [0.29, 0.717) is 41.9 Å². The maximum absolute atomic E-state index is 12.2. The van der Waals surface area contributed by atoms with E-state index in [0.717, 1.165) is 17.5 Å². The SMILES string of the molecule is CCNc1ccc(/C(=C2/C=CC(=O)C=C2S(=O)(=O)[O-])c2ccc(N(CC)Cc3cccc(S(=O)(=O)[O-])c3)cc2)cc1.[Na+].[Na+]. The van der Waals surface area contributed by atoms with Crippen LogP contribution in [0.4, 0.5) is 11.4 Å². The van der Waals surface area contributed by atoms with Crippen molar-refractivity contribution in [3.63, 3.8) is 0 Å². The van der Waals surface area contributed by atoms with Crippen molar-refractivity contribution in [3.05, 3.63) is 118 Å². The normalized spacial score (nSPS) is 14.2. The van der Waals surface area contributed by atoms with Crippen molar-refractivity contribution in [1.82, 2.24) is 0 Å². The topological polar surface area (TPSA) is 147 Å². The predicted octanol–water partition coefficient (Wildman–Crippen LogP) is -1.57. The average molecular weight is 639 g/mol. The maximum Gasteiger partial charge on any atom is 1.00 e. The van der Waals surface area contributed by atoms with E-state index in [1.54, 1.807) is 18.2 Å². The van der Waals surface area contributed by atoms with Crippen LogP contribution in [0, 0.1) is 0 Å². The summed E-state index contributed by atoms with van der Waals surface area (Å²) in [7, 11) is -9.55. The van der Waals surface area contributed by atoms with Crippen LogP contribution in [-0.4, -0.2) is 44.8 Å². The first-order valence-corrected chi connectivity index (χ1v) is 15.6. The Balaban J connectivity index is 0.00000323. The van der Waals surface area contributed by atoms with Crippen molar-refractivity contribution in [1.29, 1.82) is 0 Å². The van der Waals surface area contributed by atoms with Gasteiger partial charge in [0, 0.05) is 42.7 Å². The summed E-state index contributed by atoms with van der Waals surface area (Å²) in [6.45, 7) is 5.52. The average Bonchev–Trinajstić information content (AvgIpc) is 2.93. The summed E-state index contributed by atoms with van der Waals surface area (Å²) < 4.78 is 70.9. The Morgan fingerprint density at radius 1 is 0.814 bits per heavy atom. The van der Waals surface area contributed by atoms with Crippen LogP contribution in [0.15, 0.2) is 106 Å². The molecule has 0 spiro atoms. The van der Waals surface area contributed by atoms with Crippen molar-refractivity contribution < 1.29 is 89.9 Å². The van der Waals surface area contributed by atoms with E-state index in [2.05, 4.69) is 5.32 Å². The van der Waals surface area contributed by atoms with E-state index in [9.17, 15) is 30.7 Å². The number of ketones is 1. The first kappa shape index (κ1) is 37.2. The molecule has 0 aliphatic heterocycles. The molecule has 0 bridgehead atoms. The van der Waals surface area contributed by atoms with Gasteiger partial charge >= 0.3 is 59.1 Å². The summed E-state index contributed by atoms with van der Waals surface area (Å²) in [6.07, 6.45) is 3.42. The van der Waals surface area contributed by atoms with Gasteiger partial charge in [-0.3, -0.25) is 4.79 Å². The van der Waals surface area contributed by atoms with Crippen LogP contribution in [0.2, 0.25) is 0 Å². The molecule has 1 aliphatic rings. The third-order valence-electron chi connectivity index (χ3n) is 6.51. The number of nitrogens with one attached hydrogen (secondary N) is 1. The number of hydrogen-bond acceptors (Lipinski definition) is 9. The van der Waals surface area contributed by atoms with Gasteiger partial charge in [0.2, 0.25) is 0 Å². The Morgan fingerprint density at radius 2 is 1.42 bits per heavy atom. The minimum Gasteiger partial charge on any atom is -0.744 e. The monoisotopic (exact) mass is 638 g/mol. The summed E-state index contributed by atoms with van der Waals surface area (Å²) in [5.41, 5.74) is 4.14. The minimum atomic E-state index is -4.96. The third-order valence-corrected chi connectivity index (χ3v) is 8.22. The van der Waals surface area contributed by atoms with Gasteiger partial charge in [-0.25, -0.2) is 16.8 Å². The van der Waals surface area contributed by atoms with Gasteiger partial charge in [-0.1, -0.05) is 36.4 Å². The van der Waals surface area contributed by atoms with Crippen LogP contribution in [-0.2, 0) is 31.6 Å². The molecule has 0 unspecified atom stereocenters. The molecular weight excluding hydrogens is 610 g/mol. The molecule has 9 nitrogen and oxygen atoms in total. The number of benzene rings is 3. The summed E-state index contributed by atoms with van der Waals surface area (Å²) in [6, 6.07) is 20.4. The molecule has 3 aromatic rings. The molecule has 0 atom stereocenters. The van der Waals surface area contributed by atoms with E-state index in [-0.39, 0.29) is 69.6 Å². The number of carbonyl (C=O) groups is 1. The smallest absolute Gasteiger partial charge is 0.744 e. The molecule has 3 aromatic carbocycles. The van der Waals surface area contributed by atoms with Crippen LogP contribution in [0.25, 0.3) is 5.57 Å². The number of nitrogens with zero attached hydrogens (tertiary/aromatic N) is 1. The summed E-state index contributed by atoms with van der Waals surface area (Å²) in [5.74, 6) is -0.590. The van der Waals surface area contributed by atoms with E-state index >= 15 is 0 Å². The second-order valence-corrected chi connectivity index (χ2v) is 12.0. The number of anilines is 2. The number of carbonyl (C=O) groups excluding carboxylic acids is 1. The van der Waals surface area contributed by atoms with Crippen molar-refractivity contribution in [3.8, 4) is 0 Å². The fourth-order valence-electron chi connectivity index (χ4n) is 4.60. The van der Waals surface area contributed by atoms with E-state index < -0.39 is 30.9 Å². The zero-order valence-electron chi connectivity index (χ0n) is 24.4. The molecule has 0 fully saturated rings. The second kappa shape index (κ2) is 15.8. The Kier molecular flexibility index (Phi) is 13.7. The van der Waals surface area contributed by atoms with Gasteiger partial charge in [-0.05, 0) is 84.7 Å². The standard InChI is InChI=1S/C30H30N2O7S2.2Na/c1-3-31-24-12-8-22(9-13-24)30(28-17-16-26(33)19-29(28)41(37,38)39)23-10-14-25(15-11-23)32(4-2)20-21-6-5-7-27(18-21)40(34,35)36;;/h5-19,31H,3-4,20H2,1-2H3,(H,34,35,36)(H,37,38,39);;/q;2*+1/p-2/b30-28+;;. The van der Waals surface area contributed by atoms with Crippen molar-refractivity contribution in [2.24, 2.45) is 0 Å². The summed E-state index contributed by atoms with van der Waals surface area (Å²) in [5, 5.41) is 3.20. The Bertz CT molecular complexity index is 1770. The molecule has 0 amide bonds. The van der Waals surface area contributed by atoms with Gasteiger partial charge in [0.05, 0.1) is 9.80 Å². The van der Waals surface area contributed by atoms with Gasteiger partial charge < -0.3 is 19.3 Å². The molecule has 43 heavy (non-hydrogen) atoms. The van der Waals surface area contributed by atoms with E-state index in [1.807, 2.05) is 55.1 Å². The molecule has 0 saturated heterocycles. The molecular formula is C30H28N2Na2O7S2. The largest absolute Gasteiger partial charge is 1.00 e. The molecule has 0 heterocycles. The first-order chi connectivity index (χ1) is 19.4. The van der Waals surface area contributed by atoms with E-state index in [1.165, 1.54) is 30.4 Å². The number of rotatable bonds is 10. The fourth-order valence-corrected chi connectivity index (χ4v) is 5.84. The molecule has 1 N–H and O–H groups in total. The van der Waals surface area contributed by atoms with Gasteiger partial charge in [0.15, 0.2) is 5.78 Å². The Morgan fingerprint density at radius 3 is 1.95 bits per heavy atom. The second-order valence-electron chi connectivity index (χ2n) is 9.26. The Hall–Kier alpha value is -2.03. The van der Waals surface area contributed by atoms with Crippen molar-refractivity contribution in [2.75, 3.05) is 23.3 Å². The first-order valence-electron chi connectivity index (χ1n) is 12.8. The van der Waals surface area contributed by atoms with Crippen LogP contribution in [0.3, 0.4) is 0 Å². The van der Waals surface area contributed by atoms with Gasteiger partial charge in [0.1, 0.15) is 20.2 Å².